The fourth-order valence-electron chi connectivity index (χ4n) is 3.12. The van der Waals surface area contributed by atoms with Crippen molar-refractivity contribution >= 4 is 29.2 Å². The summed E-state index contributed by atoms with van der Waals surface area (Å²) >= 11 is 0. The van der Waals surface area contributed by atoms with E-state index in [0.717, 1.165) is 37.7 Å². The van der Waals surface area contributed by atoms with Gasteiger partial charge < -0.3 is 19.9 Å². The van der Waals surface area contributed by atoms with Crippen LogP contribution in [0.4, 0.5) is 23.3 Å². The van der Waals surface area contributed by atoms with Crippen LogP contribution in [0.15, 0.2) is 54.9 Å². The van der Waals surface area contributed by atoms with Crippen LogP contribution in [0.1, 0.15) is 10.4 Å². The quantitative estimate of drug-likeness (QED) is 0.656. The first-order valence-corrected chi connectivity index (χ1v) is 9.29. The van der Waals surface area contributed by atoms with Gasteiger partial charge in [0.2, 0.25) is 5.95 Å². The molecule has 4 rings (SSSR count). The number of methoxy groups -OCH3 is 1. The highest BCUT2D eigenvalue weighted by molar-refractivity contribution is 5.89. The first-order valence-electron chi connectivity index (χ1n) is 9.29. The topological polar surface area (TPSA) is 96.4 Å². The molecule has 1 aliphatic heterocycles. The van der Waals surface area contributed by atoms with Gasteiger partial charge in [-0.3, -0.25) is 0 Å². The normalized spacial score (nSPS) is 13.8. The molecular formula is C20H21N7O2. The van der Waals surface area contributed by atoms with Gasteiger partial charge in [0.25, 0.3) is 0 Å². The second kappa shape index (κ2) is 8.51. The fraction of sp³-hybridized carbons (Fsp3) is 0.250. The maximum absolute atomic E-state index is 11.5. The summed E-state index contributed by atoms with van der Waals surface area (Å²) in [5.41, 5.74) is 1.29. The number of anilines is 4. The van der Waals surface area contributed by atoms with E-state index in [0.29, 0.717) is 17.3 Å². The van der Waals surface area contributed by atoms with Crippen LogP contribution in [0.5, 0.6) is 0 Å². The minimum absolute atomic E-state index is 0.368. The van der Waals surface area contributed by atoms with Crippen molar-refractivity contribution in [2.75, 3.05) is 48.4 Å². The molecule has 9 heteroatoms. The zero-order valence-electron chi connectivity index (χ0n) is 16.0. The van der Waals surface area contributed by atoms with Crippen LogP contribution in [0.2, 0.25) is 0 Å². The van der Waals surface area contributed by atoms with E-state index in [4.69, 9.17) is 4.74 Å². The highest BCUT2D eigenvalue weighted by Crippen LogP contribution is 2.19. The lowest BCUT2D eigenvalue weighted by atomic mass is 10.2. The van der Waals surface area contributed by atoms with Crippen LogP contribution in [-0.4, -0.2) is 59.4 Å². The molecular weight excluding hydrogens is 370 g/mol. The largest absolute Gasteiger partial charge is 0.465 e. The van der Waals surface area contributed by atoms with Crippen molar-refractivity contribution in [3.05, 3.63) is 60.4 Å². The first-order chi connectivity index (χ1) is 14.2. The molecule has 0 saturated carbocycles. The zero-order chi connectivity index (χ0) is 20.1. The van der Waals surface area contributed by atoms with Gasteiger partial charge in [0.1, 0.15) is 5.82 Å². The molecule has 0 bridgehead atoms. The summed E-state index contributed by atoms with van der Waals surface area (Å²) in [6.45, 7) is 3.26. The van der Waals surface area contributed by atoms with E-state index in [1.54, 1.807) is 30.5 Å². The van der Waals surface area contributed by atoms with Crippen LogP contribution in [0.25, 0.3) is 0 Å². The van der Waals surface area contributed by atoms with Crippen LogP contribution >= 0.6 is 0 Å². The van der Waals surface area contributed by atoms with Crippen molar-refractivity contribution in [3.8, 4) is 0 Å². The smallest absolute Gasteiger partial charge is 0.337 e. The van der Waals surface area contributed by atoms with E-state index in [-0.39, 0.29) is 5.97 Å². The Morgan fingerprint density at radius 1 is 1.03 bits per heavy atom. The molecule has 29 heavy (non-hydrogen) atoms. The Hall–Kier alpha value is -3.75. The van der Waals surface area contributed by atoms with E-state index in [1.807, 2.05) is 24.4 Å². The number of hydrogen-bond acceptors (Lipinski definition) is 9. The molecule has 3 heterocycles. The van der Waals surface area contributed by atoms with Gasteiger partial charge in [-0.1, -0.05) is 6.07 Å². The summed E-state index contributed by atoms with van der Waals surface area (Å²) in [5, 5.41) is 11.4. The minimum Gasteiger partial charge on any atom is -0.465 e. The van der Waals surface area contributed by atoms with Crippen LogP contribution in [0.3, 0.4) is 0 Å². The van der Waals surface area contributed by atoms with Crippen molar-refractivity contribution in [3.63, 3.8) is 0 Å². The summed E-state index contributed by atoms with van der Waals surface area (Å²) in [6, 6.07) is 12.9. The summed E-state index contributed by atoms with van der Waals surface area (Å²) in [4.78, 5) is 24.9. The summed E-state index contributed by atoms with van der Waals surface area (Å²) in [6.07, 6.45) is 3.38. The lowest BCUT2D eigenvalue weighted by Gasteiger charge is -2.35. The number of carbonyl (C=O) groups is 1. The maximum Gasteiger partial charge on any atom is 0.337 e. The number of hydrogen-bond donors (Lipinski definition) is 1. The zero-order valence-corrected chi connectivity index (χ0v) is 16.0. The lowest BCUT2D eigenvalue weighted by molar-refractivity contribution is 0.0601. The van der Waals surface area contributed by atoms with Crippen molar-refractivity contribution in [2.45, 2.75) is 0 Å². The third-order valence-electron chi connectivity index (χ3n) is 4.66. The number of pyridine rings is 1. The lowest BCUT2D eigenvalue weighted by Crippen LogP contribution is -2.47. The third-order valence-corrected chi connectivity index (χ3v) is 4.66. The average molecular weight is 391 g/mol. The Morgan fingerprint density at radius 3 is 2.48 bits per heavy atom. The summed E-state index contributed by atoms with van der Waals surface area (Å²) in [7, 11) is 1.36. The SMILES string of the molecule is COC(=O)c1ccc(Nc2cnnc(N3CCN(c4ccccn4)CC3)n2)cc1. The van der Waals surface area contributed by atoms with Crippen molar-refractivity contribution in [1.29, 1.82) is 0 Å². The molecule has 1 aliphatic rings. The van der Waals surface area contributed by atoms with Crippen molar-refractivity contribution in [1.82, 2.24) is 20.2 Å². The Balaban J connectivity index is 1.39. The van der Waals surface area contributed by atoms with Gasteiger partial charge in [0.05, 0.1) is 18.9 Å². The molecule has 0 atom stereocenters. The van der Waals surface area contributed by atoms with E-state index in [1.165, 1.54) is 7.11 Å². The Kier molecular flexibility index (Phi) is 5.46. The number of aromatic nitrogens is 4. The Bertz CT molecular complexity index is 958. The van der Waals surface area contributed by atoms with Crippen LogP contribution in [-0.2, 0) is 4.74 Å². The predicted octanol–water partition coefficient (Wildman–Crippen LogP) is 2.12. The van der Waals surface area contributed by atoms with Gasteiger partial charge in [-0.2, -0.15) is 10.1 Å². The summed E-state index contributed by atoms with van der Waals surface area (Å²) in [5.74, 6) is 1.79. The molecule has 1 aromatic carbocycles. The predicted molar refractivity (Wildman–Crippen MR) is 110 cm³/mol. The van der Waals surface area contributed by atoms with Gasteiger partial charge in [-0.25, -0.2) is 9.78 Å². The van der Waals surface area contributed by atoms with Crippen molar-refractivity contribution in [2.24, 2.45) is 0 Å². The number of ether oxygens (including phenoxy) is 1. The van der Waals surface area contributed by atoms with E-state index < -0.39 is 0 Å². The first kappa shape index (κ1) is 18.6. The molecule has 148 valence electrons. The molecule has 3 aromatic rings. The minimum atomic E-state index is -0.368. The highest BCUT2D eigenvalue weighted by Gasteiger charge is 2.20. The fourth-order valence-corrected chi connectivity index (χ4v) is 3.12. The number of benzene rings is 1. The number of nitrogens with zero attached hydrogens (tertiary/aromatic N) is 6. The number of carbonyl (C=O) groups excluding carboxylic acids is 1. The standard InChI is InChI=1S/C20H21N7O2/c1-29-19(28)15-5-7-16(8-6-15)23-17-14-22-25-20(24-17)27-12-10-26(11-13-27)18-4-2-3-9-21-18/h2-9,14H,10-13H2,1H3,(H,23,24,25). The van der Waals surface area contributed by atoms with Crippen molar-refractivity contribution < 1.29 is 9.53 Å². The van der Waals surface area contributed by atoms with Gasteiger partial charge >= 0.3 is 5.97 Å². The number of nitrogens with one attached hydrogen (secondary N) is 1. The van der Waals surface area contributed by atoms with E-state index in [2.05, 4.69) is 35.3 Å². The van der Waals surface area contributed by atoms with Gasteiger partial charge in [0, 0.05) is 38.1 Å². The molecule has 0 radical (unpaired) electrons. The van der Waals surface area contributed by atoms with E-state index in [9.17, 15) is 4.79 Å². The van der Waals surface area contributed by atoms with Gasteiger partial charge in [-0.15, -0.1) is 5.10 Å². The number of esters is 1. The molecule has 1 saturated heterocycles. The average Bonchev–Trinajstić information content (AvgIpc) is 2.80. The second-order valence-corrected chi connectivity index (χ2v) is 6.50. The maximum atomic E-state index is 11.5. The molecule has 9 nitrogen and oxygen atoms in total. The van der Waals surface area contributed by atoms with Gasteiger partial charge in [0.15, 0.2) is 5.82 Å². The molecule has 0 aliphatic carbocycles. The van der Waals surface area contributed by atoms with Crippen LogP contribution < -0.4 is 15.1 Å². The molecule has 0 spiro atoms. The highest BCUT2D eigenvalue weighted by atomic mass is 16.5. The molecule has 1 N–H and O–H groups in total. The van der Waals surface area contributed by atoms with Crippen LogP contribution in [0, 0.1) is 0 Å². The molecule has 1 fully saturated rings. The van der Waals surface area contributed by atoms with Gasteiger partial charge in [-0.05, 0) is 36.4 Å². The second-order valence-electron chi connectivity index (χ2n) is 6.50. The molecule has 2 aromatic heterocycles. The van der Waals surface area contributed by atoms with E-state index >= 15 is 0 Å². The monoisotopic (exact) mass is 391 g/mol. The molecule has 0 unspecified atom stereocenters. The Labute approximate surface area is 168 Å². The Morgan fingerprint density at radius 2 is 1.79 bits per heavy atom. The summed E-state index contributed by atoms with van der Waals surface area (Å²) < 4.78 is 4.71. The number of rotatable bonds is 5. The number of piperazine rings is 1. The molecule has 0 amide bonds. The third kappa shape index (κ3) is 4.40.